The van der Waals surface area contributed by atoms with Crippen LogP contribution in [0.1, 0.15) is 52.4 Å². The van der Waals surface area contributed by atoms with E-state index in [1.165, 1.54) is 7.11 Å². The van der Waals surface area contributed by atoms with Crippen molar-refractivity contribution in [3.05, 3.63) is 28.6 Å². The molecule has 1 aromatic carbocycles. The van der Waals surface area contributed by atoms with Crippen molar-refractivity contribution in [1.29, 1.82) is 0 Å². The summed E-state index contributed by atoms with van der Waals surface area (Å²) in [5.41, 5.74) is 0.330. The van der Waals surface area contributed by atoms with Gasteiger partial charge in [0.05, 0.1) is 19.2 Å². The van der Waals surface area contributed by atoms with Crippen LogP contribution in [0.15, 0.2) is 23.0 Å². The summed E-state index contributed by atoms with van der Waals surface area (Å²) in [6, 6.07) is 5.57. The van der Waals surface area contributed by atoms with Crippen LogP contribution >= 0.6 is 0 Å². The number of hydrogen-bond donors (Lipinski definition) is 1. The minimum absolute atomic E-state index is 0.227. The van der Waals surface area contributed by atoms with Crippen LogP contribution in [0.25, 0.3) is 10.9 Å². The summed E-state index contributed by atoms with van der Waals surface area (Å²) in [5, 5.41) is 11.0. The van der Waals surface area contributed by atoms with Gasteiger partial charge in [0.2, 0.25) is 5.75 Å². The molecular formula is C20H29NO4. The first-order chi connectivity index (χ1) is 12.1. The molecule has 0 saturated carbocycles. The Morgan fingerprint density at radius 1 is 1.08 bits per heavy atom. The molecule has 0 radical (unpaired) electrons. The monoisotopic (exact) mass is 347 g/mol. The Bertz CT molecular complexity index is 751. The molecule has 2 aromatic rings. The van der Waals surface area contributed by atoms with Crippen LogP contribution in [0.5, 0.6) is 17.2 Å². The number of methoxy groups -OCH3 is 1. The van der Waals surface area contributed by atoms with Gasteiger partial charge in [-0.15, -0.1) is 0 Å². The summed E-state index contributed by atoms with van der Waals surface area (Å²) in [4.78, 5) is 12.6. The van der Waals surface area contributed by atoms with E-state index in [-0.39, 0.29) is 11.5 Å². The number of ether oxygens (including phenoxy) is 2. The van der Waals surface area contributed by atoms with Gasteiger partial charge in [-0.2, -0.15) is 0 Å². The summed E-state index contributed by atoms with van der Waals surface area (Å²) in [5.74, 6) is 0.630. The number of fused-ring (bicyclic) bond motifs is 1. The van der Waals surface area contributed by atoms with Crippen LogP contribution in [-0.4, -0.2) is 23.4 Å². The molecule has 0 saturated heterocycles. The number of aryl methyl sites for hydroxylation is 1. The maximum atomic E-state index is 12.6. The molecule has 5 nitrogen and oxygen atoms in total. The lowest BCUT2D eigenvalue weighted by molar-refractivity contribution is 0.309. The fourth-order valence-corrected chi connectivity index (χ4v) is 2.94. The second kappa shape index (κ2) is 9.35. The van der Waals surface area contributed by atoms with Crippen LogP contribution in [0.2, 0.25) is 0 Å². The van der Waals surface area contributed by atoms with Gasteiger partial charge in [-0.3, -0.25) is 4.79 Å². The van der Waals surface area contributed by atoms with Crippen LogP contribution < -0.4 is 15.0 Å². The second-order valence-electron chi connectivity index (χ2n) is 6.28. The molecule has 138 valence electrons. The van der Waals surface area contributed by atoms with Gasteiger partial charge in [0.25, 0.3) is 5.56 Å². The Labute approximate surface area is 149 Å². The van der Waals surface area contributed by atoms with Gasteiger partial charge in [0, 0.05) is 18.0 Å². The minimum atomic E-state index is -0.411. The van der Waals surface area contributed by atoms with Gasteiger partial charge >= 0.3 is 0 Å². The molecule has 0 bridgehead atoms. The lowest BCUT2D eigenvalue weighted by Gasteiger charge is -2.16. The highest BCUT2D eigenvalue weighted by molar-refractivity contribution is 5.88. The SMILES string of the molecule is CCCCCCn1c(=O)c(O)c(OC)c2ccc(OCCCC)cc21. The third-order valence-electron chi connectivity index (χ3n) is 4.37. The standard InChI is InChI=1S/C20H29NO4/c1-4-6-8-9-12-21-17-14-15(25-13-7-5-2)10-11-16(17)19(24-3)18(22)20(21)23/h10-11,14,22H,4-9,12-13H2,1-3H3. The zero-order chi connectivity index (χ0) is 18.2. The Balaban J connectivity index is 2.44. The third-order valence-corrected chi connectivity index (χ3v) is 4.37. The molecule has 0 spiro atoms. The first-order valence-electron chi connectivity index (χ1n) is 9.20. The van der Waals surface area contributed by atoms with Crippen molar-refractivity contribution < 1.29 is 14.6 Å². The Hall–Kier alpha value is -2.17. The van der Waals surface area contributed by atoms with Crippen LogP contribution in [0.3, 0.4) is 0 Å². The fraction of sp³-hybridized carbons (Fsp3) is 0.550. The van der Waals surface area contributed by atoms with Crippen molar-refractivity contribution in [2.45, 2.75) is 58.9 Å². The number of unbranched alkanes of at least 4 members (excludes halogenated alkanes) is 4. The third kappa shape index (κ3) is 4.47. The van der Waals surface area contributed by atoms with Crippen molar-refractivity contribution in [2.75, 3.05) is 13.7 Å². The summed E-state index contributed by atoms with van der Waals surface area (Å²) in [6.45, 7) is 5.50. The van der Waals surface area contributed by atoms with Crippen molar-refractivity contribution >= 4 is 10.9 Å². The van der Waals surface area contributed by atoms with Crippen molar-refractivity contribution in [3.63, 3.8) is 0 Å². The molecule has 25 heavy (non-hydrogen) atoms. The summed E-state index contributed by atoms with van der Waals surface area (Å²) >= 11 is 0. The van der Waals surface area contributed by atoms with Gasteiger partial charge in [-0.05, 0) is 25.0 Å². The van der Waals surface area contributed by atoms with E-state index in [9.17, 15) is 9.90 Å². The van der Waals surface area contributed by atoms with E-state index in [4.69, 9.17) is 9.47 Å². The van der Waals surface area contributed by atoms with Gasteiger partial charge in [0.15, 0.2) is 5.75 Å². The van der Waals surface area contributed by atoms with E-state index in [1.54, 1.807) is 4.57 Å². The smallest absolute Gasteiger partial charge is 0.297 e. The Kier molecular flexibility index (Phi) is 7.16. The number of aromatic nitrogens is 1. The van der Waals surface area contributed by atoms with E-state index >= 15 is 0 Å². The number of aromatic hydroxyl groups is 1. The second-order valence-corrected chi connectivity index (χ2v) is 6.28. The maximum Gasteiger partial charge on any atom is 0.297 e. The van der Waals surface area contributed by atoms with Gasteiger partial charge in [-0.25, -0.2) is 0 Å². The van der Waals surface area contributed by atoms with Crippen LogP contribution in [0, 0.1) is 0 Å². The highest BCUT2D eigenvalue weighted by Gasteiger charge is 2.17. The van der Waals surface area contributed by atoms with E-state index < -0.39 is 5.56 Å². The molecule has 1 aromatic heterocycles. The zero-order valence-electron chi connectivity index (χ0n) is 15.5. The summed E-state index contributed by atoms with van der Waals surface area (Å²) in [7, 11) is 1.46. The number of pyridine rings is 1. The molecule has 0 fully saturated rings. The normalized spacial score (nSPS) is 11.0. The Morgan fingerprint density at radius 2 is 1.84 bits per heavy atom. The topological polar surface area (TPSA) is 60.7 Å². The van der Waals surface area contributed by atoms with Gasteiger partial charge in [0.1, 0.15) is 5.75 Å². The van der Waals surface area contributed by atoms with Gasteiger partial charge < -0.3 is 19.1 Å². The molecule has 0 unspecified atom stereocenters. The maximum absolute atomic E-state index is 12.6. The molecule has 0 aliphatic carbocycles. The number of rotatable bonds is 10. The molecule has 0 aliphatic heterocycles. The molecule has 1 N–H and O–H groups in total. The van der Waals surface area contributed by atoms with E-state index in [2.05, 4.69) is 13.8 Å². The Morgan fingerprint density at radius 3 is 2.52 bits per heavy atom. The number of benzene rings is 1. The molecule has 0 atom stereocenters. The molecule has 5 heteroatoms. The van der Waals surface area contributed by atoms with Crippen molar-refractivity contribution in [1.82, 2.24) is 4.57 Å². The fourth-order valence-electron chi connectivity index (χ4n) is 2.94. The predicted molar refractivity (Wildman–Crippen MR) is 101 cm³/mol. The summed E-state index contributed by atoms with van der Waals surface area (Å²) in [6.07, 6.45) is 6.29. The molecule has 0 aliphatic rings. The van der Waals surface area contributed by atoms with Crippen molar-refractivity contribution in [2.24, 2.45) is 0 Å². The lowest BCUT2D eigenvalue weighted by Crippen LogP contribution is -2.21. The molecule has 2 rings (SSSR count). The van der Waals surface area contributed by atoms with E-state index in [0.717, 1.165) is 55.2 Å². The first kappa shape index (κ1) is 19.2. The molecular weight excluding hydrogens is 318 g/mol. The average molecular weight is 347 g/mol. The van der Waals surface area contributed by atoms with Crippen LogP contribution in [0.4, 0.5) is 0 Å². The van der Waals surface area contributed by atoms with Gasteiger partial charge in [-0.1, -0.05) is 39.5 Å². The van der Waals surface area contributed by atoms with Crippen LogP contribution in [-0.2, 0) is 6.54 Å². The minimum Gasteiger partial charge on any atom is -0.500 e. The predicted octanol–water partition coefficient (Wildman–Crippen LogP) is 4.47. The summed E-state index contributed by atoms with van der Waals surface area (Å²) < 4.78 is 12.7. The lowest BCUT2D eigenvalue weighted by atomic mass is 10.1. The number of hydrogen-bond acceptors (Lipinski definition) is 4. The van der Waals surface area contributed by atoms with Crippen molar-refractivity contribution in [3.8, 4) is 17.2 Å². The highest BCUT2D eigenvalue weighted by atomic mass is 16.5. The molecule has 0 amide bonds. The zero-order valence-corrected chi connectivity index (χ0v) is 15.5. The van der Waals surface area contributed by atoms with E-state index in [1.807, 2.05) is 18.2 Å². The van der Waals surface area contributed by atoms with E-state index in [0.29, 0.717) is 13.2 Å². The molecule has 1 heterocycles. The first-order valence-corrected chi connectivity index (χ1v) is 9.20. The number of nitrogens with zero attached hydrogens (tertiary/aromatic N) is 1. The average Bonchev–Trinajstić information content (AvgIpc) is 2.62. The largest absolute Gasteiger partial charge is 0.500 e. The highest BCUT2D eigenvalue weighted by Crippen LogP contribution is 2.33. The quantitative estimate of drug-likeness (QED) is 0.644.